The summed E-state index contributed by atoms with van der Waals surface area (Å²) in [7, 11) is 0. The number of hydrogen-bond acceptors (Lipinski definition) is 6. The summed E-state index contributed by atoms with van der Waals surface area (Å²) in [4.78, 5) is 21.3. The Morgan fingerprint density at radius 1 is 1.61 bits per heavy atom. The van der Waals surface area contributed by atoms with Crippen LogP contribution in [0.5, 0.6) is 0 Å². The van der Waals surface area contributed by atoms with E-state index in [-0.39, 0.29) is 13.1 Å². The summed E-state index contributed by atoms with van der Waals surface area (Å²) >= 11 is 0. The number of nitrogens with two attached hydrogens (primary N) is 1. The molecule has 18 heavy (non-hydrogen) atoms. The summed E-state index contributed by atoms with van der Waals surface area (Å²) in [6.45, 7) is 1.03. The maximum absolute atomic E-state index is 10.9. The third-order valence-electron chi connectivity index (χ3n) is 2.39. The molecule has 1 rings (SSSR count). The minimum absolute atomic E-state index is 0.112. The highest BCUT2D eigenvalue weighted by atomic mass is 16.7. The van der Waals surface area contributed by atoms with Crippen LogP contribution in [-0.4, -0.2) is 41.0 Å². The normalized spacial score (nSPS) is 26.6. The number of carbonyl (C=O) groups is 2. The van der Waals surface area contributed by atoms with Crippen LogP contribution < -0.4 is 11.1 Å². The highest BCUT2D eigenvalue weighted by Gasteiger charge is 2.38. The van der Waals surface area contributed by atoms with Gasteiger partial charge in [0.05, 0.1) is 12.5 Å². The van der Waals surface area contributed by atoms with Crippen molar-refractivity contribution >= 4 is 11.9 Å². The van der Waals surface area contributed by atoms with Crippen LogP contribution in [-0.2, 0) is 14.3 Å². The molecule has 2 atom stereocenters. The van der Waals surface area contributed by atoms with E-state index in [9.17, 15) is 14.7 Å². The quantitative estimate of drug-likeness (QED) is 0.365. The molecule has 7 nitrogen and oxygen atoms in total. The van der Waals surface area contributed by atoms with Crippen LogP contribution in [0.1, 0.15) is 6.92 Å². The summed E-state index contributed by atoms with van der Waals surface area (Å²) < 4.78 is 4.84. The lowest BCUT2D eigenvalue weighted by Crippen LogP contribution is -2.46. The van der Waals surface area contributed by atoms with Gasteiger partial charge in [-0.05, 0) is 12.2 Å². The van der Waals surface area contributed by atoms with Gasteiger partial charge in [0, 0.05) is 19.2 Å². The van der Waals surface area contributed by atoms with Crippen molar-refractivity contribution in [3.63, 3.8) is 0 Å². The zero-order valence-corrected chi connectivity index (χ0v) is 9.92. The van der Waals surface area contributed by atoms with Crippen LogP contribution in [0.3, 0.4) is 0 Å². The molecular formula is C11H16N2O5. The lowest BCUT2D eigenvalue weighted by Gasteiger charge is -2.33. The number of nitrogens with one attached hydrogen (secondary N) is 1. The molecule has 1 aliphatic rings. The molecule has 0 radical (unpaired) electrons. The first kappa shape index (κ1) is 14.2. The van der Waals surface area contributed by atoms with Gasteiger partial charge < -0.3 is 26.0 Å². The minimum atomic E-state index is -1.81. The van der Waals surface area contributed by atoms with Crippen molar-refractivity contribution in [1.82, 2.24) is 5.32 Å². The first-order valence-electron chi connectivity index (χ1n) is 5.34. The number of hydrogen-bond donors (Lipinski definition) is 4. The lowest BCUT2D eigenvalue weighted by molar-refractivity contribution is -0.200. The van der Waals surface area contributed by atoms with Gasteiger partial charge in [0.15, 0.2) is 0 Å². The molecule has 0 heterocycles. The molecule has 2 unspecified atom stereocenters. The molecule has 0 aliphatic heterocycles. The van der Waals surface area contributed by atoms with E-state index >= 15 is 0 Å². The van der Waals surface area contributed by atoms with Gasteiger partial charge in [-0.25, -0.2) is 0 Å². The maximum atomic E-state index is 10.9. The molecule has 0 amide bonds. The first-order chi connectivity index (χ1) is 8.33. The number of aliphatic carboxylic acids is 1. The summed E-state index contributed by atoms with van der Waals surface area (Å²) in [6.07, 6.45) is 4.21. The Morgan fingerprint density at radius 3 is 2.83 bits per heavy atom. The fraction of sp³-hybridized carbons (Fsp3) is 0.455. The average molecular weight is 256 g/mol. The van der Waals surface area contributed by atoms with Crippen molar-refractivity contribution < 1.29 is 24.5 Å². The summed E-state index contributed by atoms with van der Waals surface area (Å²) in [6, 6.07) is 0. The zero-order valence-electron chi connectivity index (χ0n) is 9.92. The topological polar surface area (TPSA) is 122 Å². The summed E-state index contributed by atoms with van der Waals surface area (Å²) in [5.41, 5.74) is 6.00. The number of carbonyl (C=O) groups excluding carboxylic acids is 1. The van der Waals surface area contributed by atoms with E-state index in [1.807, 2.05) is 0 Å². The fourth-order valence-electron chi connectivity index (χ4n) is 1.63. The second kappa shape index (κ2) is 5.65. The van der Waals surface area contributed by atoms with Crippen LogP contribution in [0.2, 0.25) is 0 Å². The predicted octanol–water partition coefficient (Wildman–Crippen LogP) is -1.06. The van der Waals surface area contributed by atoms with Gasteiger partial charge in [-0.15, -0.1) is 0 Å². The van der Waals surface area contributed by atoms with Crippen LogP contribution in [0.25, 0.3) is 0 Å². The molecule has 0 saturated carbocycles. The van der Waals surface area contributed by atoms with Crippen molar-refractivity contribution in [2.24, 2.45) is 11.7 Å². The number of rotatable bonds is 5. The minimum Gasteiger partial charge on any atom is -0.480 e. The highest BCUT2D eigenvalue weighted by Crippen LogP contribution is 2.27. The molecule has 0 saturated heterocycles. The smallest absolute Gasteiger partial charge is 0.317 e. The van der Waals surface area contributed by atoms with E-state index in [0.29, 0.717) is 5.70 Å². The van der Waals surface area contributed by atoms with Gasteiger partial charge in [0.1, 0.15) is 0 Å². The Bertz CT molecular complexity index is 404. The molecule has 1 aliphatic carbocycles. The molecule has 0 fully saturated rings. The van der Waals surface area contributed by atoms with Crippen molar-refractivity contribution in [1.29, 1.82) is 0 Å². The first-order valence-corrected chi connectivity index (χ1v) is 5.34. The van der Waals surface area contributed by atoms with Gasteiger partial charge in [0.25, 0.3) is 0 Å². The number of allylic oxidation sites excluding steroid dienone is 1. The Balaban J connectivity index is 2.72. The molecule has 5 N–H and O–H groups in total. The molecule has 0 aromatic carbocycles. The SMILES string of the molecule is CC(=O)OC1(O)C=CC(N)=CC1CNCC(=O)O. The van der Waals surface area contributed by atoms with Gasteiger partial charge in [-0.1, -0.05) is 6.08 Å². The molecule has 0 spiro atoms. The standard InChI is InChI=1S/C11H16N2O5/c1-7(14)18-11(17)3-2-9(12)4-8(11)5-13-6-10(15)16/h2-4,8,13,17H,5-6,12H2,1H3,(H,15,16). The zero-order chi connectivity index (χ0) is 13.8. The average Bonchev–Trinajstić information content (AvgIpc) is 2.22. The van der Waals surface area contributed by atoms with Gasteiger partial charge in [-0.2, -0.15) is 0 Å². The van der Waals surface area contributed by atoms with Crippen molar-refractivity contribution in [2.75, 3.05) is 13.1 Å². The maximum Gasteiger partial charge on any atom is 0.317 e. The predicted molar refractivity (Wildman–Crippen MR) is 62.1 cm³/mol. The van der Waals surface area contributed by atoms with Crippen molar-refractivity contribution in [3.8, 4) is 0 Å². The number of ether oxygens (including phenoxy) is 1. The van der Waals surface area contributed by atoms with Gasteiger partial charge in [0.2, 0.25) is 5.79 Å². The molecule has 100 valence electrons. The Labute approximate surface area is 104 Å². The largest absolute Gasteiger partial charge is 0.480 e. The second-order valence-electron chi connectivity index (χ2n) is 3.98. The van der Waals surface area contributed by atoms with E-state index in [2.05, 4.69) is 5.32 Å². The number of esters is 1. The van der Waals surface area contributed by atoms with Gasteiger partial charge >= 0.3 is 11.9 Å². The third-order valence-corrected chi connectivity index (χ3v) is 2.39. The third kappa shape index (κ3) is 3.86. The summed E-state index contributed by atoms with van der Waals surface area (Å²) in [5.74, 6) is -4.11. The molecule has 7 heteroatoms. The highest BCUT2D eigenvalue weighted by molar-refractivity contribution is 5.69. The molecule has 0 bridgehead atoms. The van der Waals surface area contributed by atoms with Gasteiger partial charge in [-0.3, -0.25) is 9.59 Å². The Kier molecular flexibility index (Phi) is 4.46. The monoisotopic (exact) mass is 256 g/mol. The van der Waals surface area contributed by atoms with E-state index < -0.39 is 23.6 Å². The van der Waals surface area contributed by atoms with Crippen LogP contribution in [0.15, 0.2) is 23.9 Å². The van der Waals surface area contributed by atoms with E-state index in [0.717, 1.165) is 0 Å². The lowest BCUT2D eigenvalue weighted by atomic mass is 9.92. The molecule has 0 aromatic heterocycles. The molecule has 0 aromatic rings. The Hall–Kier alpha value is -1.86. The number of aliphatic hydroxyl groups is 1. The second-order valence-corrected chi connectivity index (χ2v) is 3.98. The van der Waals surface area contributed by atoms with Crippen LogP contribution >= 0.6 is 0 Å². The number of carboxylic acid groups (broad SMARTS) is 1. The van der Waals surface area contributed by atoms with E-state index in [4.69, 9.17) is 15.6 Å². The van der Waals surface area contributed by atoms with E-state index in [1.165, 1.54) is 25.2 Å². The van der Waals surface area contributed by atoms with Crippen molar-refractivity contribution in [2.45, 2.75) is 12.7 Å². The van der Waals surface area contributed by atoms with Crippen LogP contribution in [0, 0.1) is 5.92 Å². The van der Waals surface area contributed by atoms with Crippen molar-refractivity contribution in [3.05, 3.63) is 23.9 Å². The fourth-order valence-corrected chi connectivity index (χ4v) is 1.63. The van der Waals surface area contributed by atoms with E-state index in [1.54, 1.807) is 0 Å². The number of carboxylic acids is 1. The Morgan fingerprint density at radius 2 is 2.28 bits per heavy atom. The molecular weight excluding hydrogens is 240 g/mol. The summed E-state index contributed by atoms with van der Waals surface area (Å²) in [5, 5.41) is 21.3. The van der Waals surface area contributed by atoms with Crippen LogP contribution in [0.4, 0.5) is 0 Å².